The molecule has 0 radical (unpaired) electrons. The van der Waals surface area contributed by atoms with Gasteiger partial charge in [0.15, 0.2) is 0 Å². The second-order valence-electron chi connectivity index (χ2n) is 8.54. The lowest BCUT2D eigenvalue weighted by Crippen LogP contribution is -2.23. The third-order valence-corrected chi connectivity index (χ3v) is 5.96. The fourth-order valence-electron chi connectivity index (χ4n) is 4.03. The van der Waals surface area contributed by atoms with Crippen molar-refractivity contribution in [1.82, 2.24) is 24.6 Å². The highest BCUT2D eigenvalue weighted by Gasteiger charge is 2.18. The lowest BCUT2D eigenvalue weighted by Gasteiger charge is -2.08. The zero-order valence-corrected chi connectivity index (χ0v) is 20.0. The van der Waals surface area contributed by atoms with Crippen LogP contribution in [0.1, 0.15) is 27.0 Å². The molecular weight excluding hydrogens is 450 g/mol. The Kier molecular flexibility index (Phi) is 6.89. The Labute approximate surface area is 210 Å². The Morgan fingerprint density at radius 1 is 0.889 bits per heavy atom. The van der Waals surface area contributed by atoms with E-state index in [0.29, 0.717) is 24.3 Å². The van der Waals surface area contributed by atoms with Gasteiger partial charge < -0.3 is 14.6 Å². The van der Waals surface area contributed by atoms with Gasteiger partial charge in [-0.15, -0.1) is 0 Å². The summed E-state index contributed by atoms with van der Waals surface area (Å²) in [6.07, 6.45) is 7.32. The number of carbonyl (C=O) groups excluding carboxylic acids is 1. The van der Waals surface area contributed by atoms with Crippen LogP contribution in [0.5, 0.6) is 5.75 Å². The Morgan fingerprint density at radius 2 is 1.61 bits per heavy atom. The SMILES string of the molecule is COc1ccc(-c2nn(Cc3ccccc3)cc2C(=O)NCc2ccc(Cn3ccnc3)cc2)cc1. The molecule has 2 heterocycles. The van der Waals surface area contributed by atoms with Gasteiger partial charge in [-0.2, -0.15) is 5.10 Å². The summed E-state index contributed by atoms with van der Waals surface area (Å²) < 4.78 is 9.12. The molecule has 7 heteroatoms. The molecule has 0 aliphatic rings. The van der Waals surface area contributed by atoms with Crippen LogP contribution < -0.4 is 10.1 Å². The molecule has 5 aromatic rings. The smallest absolute Gasteiger partial charge is 0.255 e. The molecule has 0 spiro atoms. The van der Waals surface area contributed by atoms with Crippen LogP contribution in [0.3, 0.4) is 0 Å². The molecule has 180 valence electrons. The first-order valence-corrected chi connectivity index (χ1v) is 11.8. The van der Waals surface area contributed by atoms with Gasteiger partial charge in [0, 0.05) is 37.2 Å². The zero-order valence-electron chi connectivity index (χ0n) is 20.0. The molecule has 0 aliphatic carbocycles. The summed E-state index contributed by atoms with van der Waals surface area (Å²) in [4.78, 5) is 17.4. The van der Waals surface area contributed by atoms with E-state index in [2.05, 4.69) is 22.4 Å². The maximum Gasteiger partial charge on any atom is 0.255 e. The van der Waals surface area contributed by atoms with Crippen molar-refractivity contribution in [2.45, 2.75) is 19.6 Å². The third kappa shape index (κ3) is 5.52. The molecule has 0 bridgehead atoms. The van der Waals surface area contributed by atoms with Gasteiger partial charge in [-0.1, -0.05) is 54.6 Å². The fraction of sp³-hybridized carbons (Fsp3) is 0.138. The summed E-state index contributed by atoms with van der Waals surface area (Å²) in [6.45, 7) is 1.77. The van der Waals surface area contributed by atoms with Gasteiger partial charge in [-0.25, -0.2) is 4.98 Å². The number of carbonyl (C=O) groups is 1. The predicted molar refractivity (Wildman–Crippen MR) is 139 cm³/mol. The molecular formula is C29H27N5O2. The number of ether oxygens (including phenoxy) is 1. The first-order chi connectivity index (χ1) is 17.7. The Bertz CT molecular complexity index is 1410. The van der Waals surface area contributed by atoms with Crippen LogP contribution >= 0.6 is 0 Å². The summed E-state index contributed by atoms with van der Waals surface area (Å²) in [6, 6.07) is 25.9. The van der Waals surface area contributed by atoms with Gasteiger partial charge in [-0.3, -0.25) is 9.48 Å². The van der Waals surface area contributed by atoms with E-state index in [-0.39, 0.29) is 5.91 Å². The Hall–Kier alpha value is -4.65. The number of rotatable bonds is 9. The zero-order chi connectivity index (χ0) is 24.7. The van der Waals surface area contributed by atoms with Gasteiger partial charge in [-0.05, 0) is 41.0 Å². The highest BCUT2D eigenvalue weighted by molar-refractivity contribution is 5.99. The second-order valence-corrected chi connectivity index (χ2v) is 8.54. The van der Waals surface area contributed by atoms with Gasteiger partial charge in [0.2, 0.25) is 0 Å². The molecule has 5 rings (SSSR count). The lowest BCUT2D eigenvalue weighted by atomic mass is 10.1. The molecule has 0 fully saturated rings. The molecule has 0 saturated carbocycles. The van der Waals surface area contributed by atoms with Crippen LogP contribution in [0.15, 0.2) is 104 Å². The first kappa shape index (κ1) is 23.1. The normalized spacial score (nSPS) is 10.8. The quantitative estimate of drug-likeness (QED) is 0.332. The van der Waals surface area contributed by atoms with Crippen LogP contribution in [0.2, 0.25) is 0 Å². The monoisotopic (exact) mass is 477 g/mol. The molecule has 1 amide bonds. The number of benzene rings is 3. The van der Waals surface area contributed by atoms with E-state index in [9.17, 15) is 4.79 Å². The second kappa shape index (κ2) is 10.7. The van der Waals surface area contributed by atoms with Crippen LogP contribution in [0, 0.1) is 0 Å². The van der Waals surface area contributed by atoms with E-state index in [1.54, 1.807) is 19.6 Å². The van der Waals surface area contributed by atoms with Crippen molar-refractivity contribution < 1.29 is 9.53 Å². The van der Waals surface area contributed by atoms with E-state index >= 15 is 0 Å². The average molecular weight is 478 g/mol. The van der Waals surface area contributed by atoms with E-state index < -0.39 is 0 Å². The number of nitrogens with zero attached hydrogens (tertiary/aromatic N) is 4. The molecule has 0 aliphatic heterocycles. The fourth-order valence-corrected chi connectivity index (χ4v) is 4.03. The van der Waals surface area contributed by atoms with Gasteiger partial charge >= 0.3 is 0 Å². The summed E-state index contributed by atoms with van der Waals surface area (Å²) >= 11 is 0. The predicted octanol–water partition coefficient (Wildman–Crippen LogP) is 4.78. The minimum Gasteiger partial charge on any atom is -0.497 e. The van der Waals surface area contributed by atoms with Crippen LogP contribution in [0.4, 0.5) is 0 Å². The van der Waals surface area contributed by atoms with Crippen molar-refractivity contribution in [3.05, 3.63) is 126 Å². The maximum absolute atomic E-state index is 13.3. The van der Waals surface area contributed by atoms with Crippen molar-refractivity contribution in [1.29, 1.82) is 0 Å². The summed E-state index contributed by atoms with van der Waals surface area (Å²) in [5.74, 6) is 0.590. The Balaban J connectivity index is 1.33. The molecule has 0 saturated heterocycles. The number of hydrogen-bond donors (Lipinski definition) is 1. The van der Waals surface area contributed by atoms with Gasteiger partial charge in [0.05, 0.1) is 25.5 Å². The van der Waals surface area contributed by atoms with Crippen molar-refractivity contribution in [3.63, 3.8) is 0 Å². The number of nitrogens with one attached hydrogen (secondary N) is 1. The van der Waals surface area contributed by atoms with E-state index in [4.69, 9.17) is 9.84 Å². The molecule has 3 aromatic carbocycles. The van der Waals surface area contributed by atoms with E-state index in [1.165, 1.54) is 5.56 Å². The summed E-state index contributed by atoms with van der Waals surface area (Å²) in [5.41, 5.74) is 5.35. The van der Waals surface area contributed by atoms with Crippen molar-refractivity contribution in [2.24, 2.45) is 0 Å². The average Bonchev–Trinajstić information content (AvgIpc) is 3.59. The molecule has 0 atom stereocenters. The number of aromatic nitrogens is 4. The van der Waals surface area contributed by atoms with Gasteiger partial charge in [0.25, 0.3) is 5.91 Å². The maximum atomic E-state index is 13.3. The summed E-state index contributed by atoms with van der Waals surface area (Å²) in [5, 5.41) is 7.82. The topological polar surface area (TPSA) is 74.0 Å². The van der Waals surface area contributed by atoms with Crippen LogP contribution in [0.25, 0.3) is 11.3 Å². The van der Waals surface area contributed by atoms with Crippen LogP contribution in [-0.2, 0) is 19.6 Å². The van der Waals surface area contributed by atoms with Gasteiger partial charge in [0.1, 0.15) is 11.4 Å². The number of imidazole rings is 1. The van der Waals surface area contributed by atoms with E-state index in [1.807, 2.05) is 88.4 Å². The lowest BCUT2D eigenvalue weighted by molar-refractivity contribution is 0.0951. The molecule has 36 heavy (non-hydrogen) atoms. The minimum atomic E-state index is -0.164. The molecule has 7 nitrogen and oxygen atoms in total. The summed E-state index contributed by atoms with van der Waals surface area (Å²) in [7, 11) is 1.63. The highest BCUT2D eigenvalue weighted by Crippen LogP contribution is 2.25. The number of amides is 1. The van der Waals surface area contributed by atoms with Crippen molar-refractivity contribution >= 4 is 5.91 Å². The first-order valence-electron chi connectivity index (χ1n) is 11.8. The third-order valence-electron chi connectivity index (χ3n) is 5.96. The Morgan fingerprint density at radius 3 is 2.31 bits per heavy atom. The van der Waals surface area contributed by atoms with Crippen molar-refractivity contribution in [2.75, 3.05) is 7.11 Å². The largest absolute Gasteiger partial charge is 0.497 e. The molecule has 1 N–H and O–H groups in total. The van der Waals surface area contributed by atoms with Crippen molar-refractivity contribution in [3.8, 4) is 17.0 Å². The van der Waals surface area contributed by atoms with E-state index in [0.717, 1.165) is 29.0 Å². The number of methoxy groups -OCH3 is 1. The molecule has 0 unspecified atom stereocenters. The minimum absolute atomic E-state index is 0.164. The van der Waals surface area contributed by atoms with Crippen LogP contribution in [-0.4, -0.2) is 32.3 Å². The standard InChI is InChI=1S/C29H27N5O2/c1-36-26-13-11-25(12-14-26)28-27(20-34(32-28)19-23-5-3-2-4-6-23)29(35)31-17-22-7-9-24(10-8-22)18-33-16-15-30-21-33/h2-16,20-21H,17-19H2,1H3,(H,31,35). The number of hydrogen-bond acceptors (Lipinski definition) is 4. The highest BCUT2D eigenvalue weighted by atomic mass is 16.5. The molecule has 2 aromatic heterocycles.